The molecule has 3 rings (SSSR count). The van der Waals surface area contributed by atoms with E-state index in [1.807, 2.05) is 12.1 Å². The molecule has 0 aliphatic carbocycles. The molecule has 3 heterocycles. The smallest absolute Gasteiger partial charge is 0.225 e. The van der Waals surface area contributed by atoms with Gasteiger partial charge < -0.3 is 15.5 Å². The second kappa shape index (κ2) is 4.77. The monoisotopic (exact) mass is 262 g/mol. The van der Waals surface area contributed by atoms with E-state index >= 15 is 0 Å². The molecule has 0 amide bonds. The molecule has 0 saturated carbocycles. The van der Waals surface area contributed by atoms with Gasteiger partial charge in [0.05, 0.1) is 0 Å². The maximum atomic E-state index is 5.65. The van der Waals surface area contributed by atoms with Gasteiger partial charge in [-0.25, -0.2) is 9.97 Å². The number of anilines is 3. The van der Waals surface area contributed by atoms with Crippen LogP contribution in [0, 0.1) is 0 Å². The normalized spacial score (nSPS) is 16.0. The van der Waals surface area contributed by atoms with E-state index in [1.54, 1.807) is 12.4 Å². The Morgan fingerprint density at radius 2 is 1.72 bits per heavy atom. The molecule has 0 spiro atoms. The van der Waals surface area contributed by atoms with Gasteiger partial charge >= 0.3 is 0 Å². The standard InChI is InChI=1S/C11H14N6S/c12-9-8-10(18-15-9)16-4-6-17(7-5-16)11-13-2-1-3-14-11/h1-3,8H,4-7H2,(H2,12,15). The van der Waals surface area contributed by atoms with Gasteiger partial charge in [0.15, 0.2) is 0 Å². The van der Waals surface area contributed by atoms with Gasteiger partial charge in [0.25, 0.3) is 0 Å². The van der Waals surface area contributed by atoms with Crippen molar-refractivity contribution in [2.24, 2.45) is 0 Å². The predicted octanol–water partition coefficient (Wildman–Crippen LogP) is 0.842. The van der Waals surface area contributed by atoms with Gasteiger partial charge in [0.2, 0.25) is 5.95 Å². The first-order valence-electron chi connectivity index (χ1n) is 5.82. The number of nitrogen functional groups attached to an aromatic ring is 1. The average Bonchev–Trinajstić information content (AvgIpc) is 2.87. The van der Waals surface area contributed by atoms with Crippen LogP contribution in [0.5, 0.6) is 0 Å². The molecule has 94 valence electrons. The molecule has 6 nitrogen and oxygen atoms in total. The summed E-state index contributed by atoms with van der Waals surface area (Å²) in [6.07, 6.45) is 3.55. The summed E-state index contributed by atoms with van der Waals surface area (Å²) in [5, 5.41) is 1.14. The van der Waals surface area contributed by atoms with E-state index in [-0.39, 0.29) is 0 Å². The second-order valence-electron chi connectivity index (χ2n) is 4.11. The number of nitrogens with zero attached hydrogens (tertiary/aromatic N) is 5. The molecule has 0 atom stereocenters. The summed E-state index contributed by atoms with van der Waals surface area (Å²) in [6, 6.07) is 3.76. The summed E-state index contributed by atoms with van der Waals surface area (Å²) in [7, 11) is 0. The Morgan fingerprint density at radius 1 is 1.06 bits per heavy atom. The summed E-state index contributed by atoms with van der Waals surface area (Å²) in [4.78, 5) is 13.0. The van der Waals surface area contributed by atoms with E-state index in [9.17, 15) is 0 Å². The molecule has 7 heteroatoms. The minimum Gasteiger partial charge on any atom is -0.383 e. The van der Waals surface area contributed by atoms with Crippen molar-refractivity contribution in [1.29, 1.82) is 0 Å². The molecule has 0 aromatic carbocycles. The highest BCUT2D eigenvalue weighted by molar-refractivity contribution is 7.10. The minimum absolute atomic E-state index is 0.601. The van der Waals surface area contributed by atoms with Gasteiger partial charge in [-0.2, -0.15) is 4.37 Å². The van der Waals surface area contributed by atoms with Gasteiger partial charge in [-0.1, -0.05) is 0 Å². The van der Waals surface area contributed by atoms with Crippen LogP contribution in [0.1, 0.15) is 0 Å². The number of hydrogen-bond acceptors (Lipinski definition) is 7. The van der Waals surface area contributed by atoms with Crippen molar-refractivity contribution in [3.8, 4) is 0 Å². The topological polar surface area (TPSA) is 71.2 Å². The Hall–Kier alpha value is -1.89. The van der Waals surface area contributed by atoms with E-state index in [2.05, 4.69) is 24.1 Å². The van der Waals surface area contributed by atoms with Crippen LogP contribution >= 0.6 is 11.5 Å². The highest BCUT2D eigenvalue weighted by Gasteiger charge is 2.20. The molecule has 2 aromatic rings. The number of hydrogen-bond donors (Lipinski definition) is 1. The highest BCUT2D eigenvalue weighted by atomic mass is 32.1. The fourth-order valence-electron chi connectivity index (χ4n) is 2.01. The van der Waals surface area contributed by atoms with Crippen LogP contribution in [0.15, 0.2) is 24.5 Å². The fraction of sp³-hybridized carbons (Fsp3) is 0.364. The number of rotatable bonds is 2. The number of piperazine rings is 1. The summed E-state index contributed by atoms with van der Waals surface area (Å²) in [5.41, 5.74) is 5.65. The molecule has 0 unspecified atom stereocenters. The maximum absolute atomic E-state index is 5.65. The molecule has 0 bridgehead atoms. The van der Waals surface area contributed by atoms with E-state index in [4.69, 9.17) is 5.73 Å². The Morgan fingerprint density at radius 3 is 2.33 bits per heavy atom. The Kier molecular flexibility index (Phi) is 2.97. The summed E-state index contributed by atoms with van der Waals surface area (Å²) in [5.74, 6) is 1.41. The molecule has 1 aliphatic heterocycles. The van der Waals surface area contributed by atoms with Crippen molar-refractivity contribution in [2.75, 3.05) is 41.7 Å². The molecule has 2 N–H and O–H groups in total. The van der Waals surface area contributed by atoms with Crippen molar-refractivity contribution < 1.29 is 0 Å². The molecule has 2 aromatic heterocycles. The van der Waals surface area contributed by atoms with Crippen LogP contribution < -0.4 is 15.5 Å². The average molecular weight is 262 g/mol. The van der Waals surface area contributed by atoms with Crippen LogP contribution in [0.3, 0.4) is 0 Å². The predicted molar refractivity (Wildman–Crippen MR) is 73.0 cm³/mol. The maximum Gasteiger partial charge on any atom is 0.225 e. The SMILES string of the molecule is Nc1cc(N2CCN(c3ncccn3)CC2)sn1. The van der Waals surface area contributed by atoms with E-state index < -0.39 is 0 Å². The van der Waals surface area contributed by atoms with Gasteiger partial charge in [0, 0.05) is 44.6 Å². The lowest BCUT2D eigenvalue weighted by molar-refractivity contribution is 0.643. The first-order valence-corrected chi connectivity index (χ1v) is 6.59. The van der Waals surface area contributed by atoms with Crippen LogP contribution in [-0.4, -0.2) is 40.5 Å². The molecular formula is C11H14N6S. The van der Waals surface area contributed by atoms with Crippen molar-refractivity contribution in [2.45, 2.75) is 0 Å². The second-order valence-corrected chi connectivity index (χ2v) is 4.90. The van der Waals surface area contributed by atoms with Gasteiger partial charge in [-0.15, -0.1) is 0 Å². The van der Waals surface area contributed by atoms with E-state index in [0.717, 1.165) is 37.1 Å². The third-order valence-electron chi connectivity index (χ3n) is 2.94. The first-order chi connectivity index (χ1) is 8.83. The summed E-state index contributed by atoms with van der Waals surface area (Å²) < 4.78 is 4.11. The van der Waals surface area contributed by atoms with E-state index in [0.29, 0.717) is 5.82 Å². The zero-order valence-electron chi connectivity index (χ0n) is 9.86. The van der Waals surface area contributed by atoms with Crippen LogP contribution in [0.25, 0.3) is 0 Å². The van der Waals surface area contributed by atoms with Crippen LogP contribution in [-0.2, 0) is 0 Å². The largest absolute Gasteiger partial charge is 0.383 e. The quantitative estimate of drug-likeness (QED) is 0.865. The summed E-state index contributed by atoms with van der Waals surface area (Å²) >= 11 is 1.45. The Balaban J connectivity index is 1.65. The third kappa shape index (κ3) is 2.21. The fourth-order valence-corrected chi connectivity index (χ4v) is 2.73. The Labute approximate surface area is 109 Å². The molecule has 0 radical (unpaired) electrons. The number of aromatic nitrogens is 3. The van der Waals surface area contributed by atoms with Gasteiger partial charge in [-0.3, -0.25) is 0 Å². The molecule has 18 heavy (non-hydrogen) atoms. The van der Waals surface area contributed by atoms with Crippen LogP contribution in [0.4, 0.5) is 16.8 Å². The minimum atomic E-state index is 0.601. The highest BCUT2D eigenvalue weighted by Crippen LogP contribution is 2.24. The lowest BCUT2D eigenvalue weighted by Crippen LogP contribution is -2.46. The van der Waals surface area contributed by atoms with Crippen molar-refractivity contribution >= 4 is 28.3 Å². The van der Waals surface area contributed by atoms with Gasteiger partial charge in [-0.05, 0) is 17.6 Å². The molecular weight excluding hydrogens is 248 g/mol. The lowest BCUT2D eigenvalue weighted by Gasteiger charge is -2.34. The summed E-state index contributed by atoms with van der Waals surface area (Å²) in [6.45, 7) is 3.73. The van der Waals surface area contributed by atoms with Gasteiger partial charge in [0.1, 0.15) is 10.8 Å². The zero-order chi connectivity index (χ0) is 12.4. The molecule has 1 saturated heterocycles. The van der Waals surface area contributed by atoms with Crippen molar-refractivity contribution in [1.82, 2.24) is 14.3 Å². The number of nitrogens with two attached hydrogens (primary N) is 1. The molecule has 1 aliphatic rings. The van der Waals surface area contributed by atoms with Crippen LogP contribution in [0.2, 0.25) is 0 Å². The first kappa shape index (κ1) is 11.2. The van der Waals surface area contributed by atoms with E-state index in [1.165, 1.54) is 11.5 Å². The zero-order valence-corrected chi connectivity index (χ0v) is 10.7. The third-order valence-corrected chi connectivity index (χ3v) is 3.81. The Bertz CT molecular complexity index is 505. The van der Waals surface area contributed by atoms with Crippen molar-refractivity contribution in [3.63, 3.8) is 0 Å². The van der Waals surface area contributed by atoms with Crippen molar-refractivity contribution in [3.05, 3.63) is 24.5 Å². The lowest BCUT2D eigenvalue weighted by atomic mass is 10.3. The molecule has 1 fully saturated rings.